The molecule has 0 aliphatic rings. The van der Waals surface area contributed by atoms with Crippen molar-refractivity contribution in [1.82, 2.24) is 0 Å². The third-order valence-electron chi connectivity index (χ3n) is 5.12. The summed E-state index contributed by atoms with van der Waals surface area (Å²) in [5.74, 6) is 0.0980. The Bertz CT molecular complexity index is 1080. The Morgan fingerprint density at radius 1 is 0.806 bits per heavy atom. The van der Waals surface area contributed by atoms with Gasteiger partial charge in [-0.05, 0) is 81.6 Å². The van der Waals surface area contributed by atoms with Gasteiger partial charge < -0.3 is 15.4 Å². The summed E-state index contributed by atoms with van der Waals surface area (Å²) < 4.78 is 5.78. The number of aryl methyl sites for hydroxylation is 4. The summed E-state index contributed by atoms with van der Waals surface area (Å²) in [7, 11) is 0. The van der Waals surface area contributed by atoms with Crippen LogP contribution in [0.5, 0.6) is 5.75 Å². The number of hydrogen-bond acceptors (Lipinski definition) is 3. The second kappa shape index (κ2) is 9.47. The molecule has 2 N–H and O–H groups in total. The first kappa shape index (κ1) is 22.1. The molecular weight excluding hydrogens is 388 g/mol. The monoisotopic (exact) mass is 416 g/mol. The van der Waals surface area contributed by atoms with E-state index in [0.717, 1.165) is 33.6 Å². The van der Waals surface area contributed by atoms with Gasteiger partial charge in [0.2, 0.25) is 0 Å². The standard InChI is InChI=1S/C26H28N2O3/c1-16-14-18(3)24(19(4)15-16)28-25(29)20(5)31-22-12-10-21(11-13-22)26(30)27-23-9-7-6-8-17(23)2/h6-15,20H,1-5H3,(H,27,30)(H,28,29). The number of amides is 2. The van der Waals surface area contributed by atoms with Crippen molar-refractivity contribution in [3.63, 3.8) is 0 Å². The second-order valence-corrected chi connectivity index (χ2v) is 7.82. The normalized spacial score (nSPS) is 11.5. The van der Waals surface area contributed by atoms with Crippen molar-refractivity contribution in [2.45, 2.75) is 40.7 Å². The molecule has 0 aliphatic carbocycles. The van der Waals surface area contributed by atoms with E-state index in [-0.39, 0.29) is 11.8 Å². The minimum atomic E-state index is -0.688. The van der Waals surface area contributed by atoms with Gasteiger partial charge in [0.25, 0.3) is 11.8 Å². The average Bonchev–Trinajstić information content (AvgIpc) is 2.72. The Balaban J connectivity index is 1.62. The molecule has 0 spiro atoms. The predicted octanol–water partition coefficient (Wildman–Crippen LogP) is 5.58. The smallest absolute Gasteiger partial charge is 0.265 e. The molecule has 3 aromatic carbocycles. The zero-order valence-electron chi connectivity index (χ0n) is 18.6. The van der Waals surface area contributed by atoms with Crippen LogP contribution in [0.4, 0.5) is 11.4 Å². The van der Waals surface area contributed by atoms with Crippen LogP contribution in [0.25, 0.3) is 0 Å². The molecule has 1 unspecified atom stereocenters. The Morgan fingerprint density at radius 3 is 2.03 bits per heavy atom. The zero-order chi connectivity index (χ0) is 22.5. The van der Waals surface area contributed by atoms with E-state index in [2.05, 4.69) is 10.6 Å². The zero-order valence-corrected chi connectivity index (χ0v) is 18.6. The SMILES string of the molecule is Cc1cc(C)c(NC(=O)C(C)Oc2ccc(C(=O)Nc3ccccc3C)cc2)c(C)c1. The molecule has 0 fully saturated rings. The molecule has 0 aromatic heterocycles. The lowest BCUT2D eigenvalue weighted by Gasteiger charge is -2.18. The molecule has 31 heavy (non-hydrogen) atoms. The molecule has 0 saturated carbocycles. The number of para-hydroxylation sites is 1. The number of nitrogens with one attached hydrogen (secondary N) is 2. The summed E-state index contributed by atoms with van der Waals surface area (Å²) in [4.78, 5) is 25.1. The van der Waals surface area contributed by atoms with Crippen LogP contribution in [-0.4, -0.2) is 17.9 Å². The van der Waals surface area contributed by atoms with Gasteiger partial charge >= 0.3 is 0 Å². The molecule has 5 heteroatoms. The molecule has 0 radical (unpaired) electrons. The van der Waals surface area contributed by atoms with E-state index in [1.807, 2.05) is 64.1 Å². The lowest BCUT2D eigenvalue weighted by molar-refractivity contribution is -0.122. The highest BCUT2D eigenvalue weighted by Crippen LogP contribution is 2.23. The number of ether oxygens (including phenoxy) is 1. The first-order valence-corrected chi connectivity index (χ1v) is 10.3. The van der Waals surface area contributed by atoms with Gasteiger partial charge in [0.1, 0.15) is 5.75 Å². The lowest BCUT2D eigenvalue weighted by atomic mass is 10.0. The van der Waals surface area contributed by atoms with E-state index in [1.165, 1.54) is 0 Å². The molecule has 160 valence electrons. The molecule has 0 bridgehead atoms. The van der Waals surface area contributed by atoms with Gasteiger partial charge in [-0.25, -0.2) is 0 Å². The fourth-order valence-corrected chi connectivity index (χ4v) is 3.45. The predicted molar refractivity (Wildman–Crippen MR) is 125 cm³/mol. The van der Waals surface area contributed by atoms with Gasteiger partial charge in [-0.2, -0.15) is 0 Å². The largest absolute Gasteiger partial charge is 0.481 e. The third kappa shape index (κ3) is 5.51. The number of carbonyl (C=O) groups excluding carboxylic acids is 2. The summed E-state index contributed by atoms with van der Waals surface area (Å²) in [6, 6.07) is 18.4. The van der Waals surface area contributed by atoms with Crippen molar-refractivity contribution in [1.29, 1.82) is 0 Å². The first-order valence-electron chi connectivity index (χ1n) is 10.3. The maximum absolute atomic E-state index is 12.6. The molecule has 0 saturated heterocycles. The lowest BCUT2D eigenvalue weighted by Crippen LogP contribution is -2.30. The summed E-state index contributed by atoms with van der Waals surface area (Å²) in [5, 5.41) is 5.86. The minimum absolute atomic E-state index is 0.197. The number of anilines is 2. The van der Waals surface area contributed by atoms with E-state index in [1.54, 1.807) is 31.2 Å². The summed E-state index contributed by atoms with van der Waals surface area (Å²) in [6.45, 7) is 9.62. The Labute approximate surface area is 183 Å². The van der Waals surface area contributed by atoms with Crippen molar-refractivity contribution in [3.05, 3.63) is 88.5 Å². The molecule has 1 atom stereocenters. The highest BCUT2D eigenvalue weighted by atomic mass is 16.5. The molecule has 5 nitrogen and oxygen atoms in total. The van der Waals surface area contributed by atoms with Crippen LogP contribution < -0.4 is 15.4 Å². The van der Waals surface area contributed by atoms with Crippen molar-refractivity contribution in [2.24, 2.45) is 0 Å². The van der Waals surface area contributed by atoms with Crippen molar-refractivity contribution in [2.75, 3.05) is 10.6 Å². The Hall–Kier alpha value is -3.60. The fraction of sp³-hybridized carbons (Fsp3) is 0.231. The van der Waals surface area contributed by atoms with Gasteiger partial charge in [0.15, 0.2) is 6.10 Å². The van der Waals surface area contributed by atoms with Crippen molar-refractivity contribution < 1.29 is 14.3 Å². The van der Waals surface area contributed by atoms with E-state index in [4.69, 9.17) is 4.74 Å². The third-order valence-corrected chi connectivity index (χ3v) is 5.12. The van der Waals surface area contributed by atoms with Crippen molar-refractivity contribution in [3.8, 4) is 5.75 Å². The van der Waals surface area contributed by atoms with E-state index in [0.29, 0.717) is 11.3 Å². The topological polar surface area (TPSA) is 67.4 Å². The van der Waals surface area contributed by atoms with Crippen LogP contribution in [0.3, 0.4) is 0 Å². The van der Waals surface area contributed by atoms with Crippen LogP contribution in [0, 0.1) is 27.7 Å². The van der Waals surface area contributed by atoms with Gasteiger partial charge in [-0.15, -0.1) is 0 Å². The van der Waals surface area contributed by atoms with E-state index < -0.39 is 6.10 Å². The van der Waals surface area contributed by atoms with Crippen LogP contribution in [0.2, 0.25) is 0 Å². The Morgan fingerprint density at radius 2 is 1.42 bits per heavy atom. The number of benzene rings is 3. The van der Waals surface area contributed by atoms with Gasteiger partial charge in [-0.1, -0.05) is 35.9 Å². The maximum Gasteiger partial charge on any atom is 0.265 e. The minimum Gasteiger partial charge on any atom is -0.481 e. The van der Waals surface area contributed by atoms with Crippen LogP contribution >= 0.6 is 0 Å². The fourth-order valence-electron chi connectivity index (χ4n) is 3.45. The summed E-state index contributed by atoms with van der Waals surface area (Å²) in [6.07, 6.45) is -0.688. The van der Waals surface area contributed by atoms with E-state index >= 15 is 0 Å². The van der Waals surface area contributed by atoms with Crippen LogP contribution in [0.1, 0.15) is 39.5 Å². The number of hydrogen-bond donors (Lipinski definition) is 2. The molecular formula is C26H28N2O3. The van der Waals surface area contributed by atoms with Crippen LogP contribution in [0.15, 0.2) is 60.7 Å². The van der Waals surface area contributed by atoms with E-state index in [9.17, 15) is 9.59 Å². The average molecular weight is 417 g/mol. The molecule has 3 aromatic rings. The van der Waals surface area contributed by atoms with Gasteiger partial charge in [0.05, 0.1) is 0 Å². The summed E-state index contributed by atoms with van der Waals surface area (Å²) in [5.41, 5.74) is 6.29. The summed E-state index contributed by atoms with van der Waals surface area (Å²) >= 11 is 0. The maximum atomic E-state index is 12.6. The Kier molecular flexibility index (Phi) is 6.75. The quantitative estimate of drug-likeness (QED) is 0.551. The second-order valence-electron chi connectivity index (χ2n) is 7.82. The molecule has 0 heterocycles. The molecule has 0 aliphatic heterocycles. The number of rotatable bonds is 6. The van der Waals surface area contributed by atoms with Gasteiger partial charge in [-0.3, -0.25) is 9.59 Å². The molecule has 2 amide bonds. The van der Waals surface area contributed by atoms with Crippen molar-refractivity contribution >= 4 is 23.2 Å². The van der Waals surface area contributed by atoms with Crippen LogP contribution in [-0.2, 0) is 4.79 Å². The highest BCUT2D eigenvalue weighted by Gasteiger charge is 2.17. The highest BCUT2D eigenvalue weighted by molar-refractivity contribution is 6.04. The van der Waals surface area contributed by atoms with Gasteiger partial charge in [0, 0.05) is 16.9 Å². The first-order chi connectivity index (χ1) is 14.7. The number of carbonyl (C=O) groups is 2. The molecule has 3 rings (SSSR count).